The molecule has 2 atom stereocenters. The fraction of sp³-hybridized carbons (Fsp3) is 0.438. The van der Waals surface area contributed by atoms with Crippen LogP contribution in [0.3, 0.4) is 0 Å². The Morgan fingerprint density at radius 2 is 2.24 bits per heavy atom. The number of aliphatic hydroxyl groups is 1. The van der Waals surface area contributed by atoms with Crippen LogP contribution < -0.4 is 0 Å². The Morgan fingerprint density at radius 3 is 2.86 bits per heavy atom. The van der Waals surface area contributed by atoms with Crippen molar-refractivity contribution in [3.05, 3.63) is 48.6 Å². The number of carbonyl (C=O) groups is 1. The Bertz CT molecular complexity index is 500. The van der Waals surface area contributed by atoms with Crippen LogP contribution in [0.5, 0.6) is 0 Å². The van der Waals surface area contributed by atoms with Crippen LogP contribution in [-0.2, 0) is 16.1 Å². The van der Waals surface area contributed by atoms with Crippen LogP contribution in [0, 0.1) is 0 Å². The topological polar surface area (TPSA) is 59.0 Å². The maximum absolute atomic E-state index is 12.3. The molecule has 0 radical (unpaired) electrons. The highest BCUT2D eigenvalue weighted by Gasteiger charge is 2.47. The van der Waals surface area contributed by atoms with Gasteiger partial charge in [0.05, 0.1) is 18.8 Å². The van der Waals surface area contributed by atoms with Crippen molar-refractivity contribution in [3.8, 4) is 0 Å². The van der Waals surface area contributed by atoms with E-state index in [1.54, 1.807) is 13.8 Å². The lowest BCUT2D eigenvalue weighted by molar-refractivity contribution is -0.0525. The molecule has 1 heterocycles. The van der Waals surface area contributed by atoms with Crippen molar-refractivity contribution in [1.29, 1.82) is 0 Å². The van der Waals surface area contributed by atoms with Crippen molar-refractivity contribution in [3.63, 3.8) is 0 Å². The Balaban J connectivity index is 2.06. The molecule has 1 aromatic rings. The predicted octanol–water partition coefficient (Wildman–Crippen LogP) is 2.31. The lowest BCUT2D eigenvalue weighted by atomic mass is 10.1. The molecule has 1 aliphatic heterocycles. The van der Waals surface area contributed by atoms with Gasteiger partial charge >= 0.3 is 6.09 Å². The first kappa shape index (κ1) is 15.5. The maximum Gasteiger partial charge on any atom is 0.412 e. The molecule has 1 aromatic carbocycles. The molecule has 21 heavy (non-hydrogen) atoms. The van der Waals surface area contributed by atoms with Crippen molar-refractivity contribution in [2.24, 2.45) is 0 Å². The molecule has 0 saturated carbocycles. The first-order valence-electron chi connectivity index (χ1n) is 6.90. The summed E-state index contributed by atoms with van der Waals surface area (Å²) >= 11 is 0. The number of hydrogen-bond acceptors (Lipinski definition) is 4. The average Bonchev–Trinajstić information content (AvgIpc) is 2.80. The van der Waals surface area contributed by atoms with Crippen molar-refractivity contribution >= 4 is 6.09 Å². The van der Waals surface area contributed by atoms with E-state index in [1.807, 2.05) is 30.3 Å². The van der Waals surface area contributed by atoms with Crippen molar-refractivity contribution < 1.29 is 19.4 Å². The van der Waals surface area contributed by atoms with Gasteiger partial charge in [0.25, 0.3) is 0 Å². The van der Waals surface area contributed by atoms with Crippen molar-refractivity contribution in [2.75, 3.05) is 6.61 Å². The molecular formula is C16H21NO4. The highest BCUT2D eigenvalue weighted by molar-refractivity contribution is 5.69. The fourth-order valence-corrected chi connectivity index (χ4v) is 2.39. The average molecular weight is 291 g/mol. The van der Waals surface area contributed by atoms with E-state index < -0.39 is 24.0 Å². The van der Waals surface area contributed by atoms with Gasteiger partial charge in [0.1, 0.15) is 12.3 Å². The van der Waals surface area contributed by atoms with Crippen LogP contribution >= 0.6 is 0 Å². The van der Waals surface area contributed by atoms with E-state index >= 15 is 0 Å². The summed E-state index contributed by atoms with van der Waals surface area (Å²) in [6, 6.07) is 8.95. The Kier molecular flexibility index (Phi) is 4.65. The van der Waals surface area contributed by atoms with Crippen LogP contribution in [0.2, 0.25) is 0 Å². The summed E-state index contributed by atoms with van der Waals surface area (Å²) in [6.07, 6.45) is 0.0377. The molecular weight excluding hydrogens is 270 g/mol. The maximum atomic E-state index is 12.3. The molecule has 1 unspecified atom stereocenters. The molecule has 5 nitrogen and oxygen atoms in total. The molecule has 1 N–H and O–H groups in total. The Labute approximate surface area is 124 Å². The summed E-state index contributed by atoms with van der Waals surface area (Å²) in [5.41, 5.74) is 0.0900. The lowest BCUT2D eigenvalue weighted by Gasteiger charge is -2.33. The number of ether oxygens (including phenoxy) is 2. The SMILES string of the molecule is C=CC(O)[C@@H]1COC(C)(C)N1C(=O)OCc1ccccc1. The monoisotopic (exact) mass is 291 g/mol. The third-order valence-corrected chi connectivity index (χ3v) is 3.56. The molecule has 1 amide bonds. The Hall–Kier alpha value is -1.85. The zero-order valence-corrected chi connectivity index (χ0v) is 12.4. The number of rotatable bonds is 4. The van der Waals surface area contributed by atoms with E-state index in [2.05, 4.69) is 6.58 Å². The minimum atomic E-state index is -0.851. The van der Waals surface area contributed by atoms with E-state index in [0.717, 1.165) is 5.56 Å². The summed E-state index contributed by atoms with van der Waals surface area (Å²) in [7, 11) is 0. The fourth-order valence-electron chi connectivity index (χ4n) is 2.39. The molecule has 114 valence electrons. The number of amides is 1. The van der Waals surface area contributed by atoms with Gasteiger partial charge in [-0.05, 0) is 19.4 Å². The summed E-state index contributed by atoms with van der Waals surface area (Å²) in [6.45, 7) is 7.53. The van der Waals surface area contributed by atoms with E-state index in [0.29, 0.717) is 0 Å². The smallest absolute Gasteiger partial charge is 0.412 e. The first-order chi connectivity index (χ1) is 9.95. The number of benzene rings is 1. The zero-order chi connectivity index (χ0) is 15.5. The second-order valence-corrected chi connectivity index (χ2v) is 5.46. The summed E-state index contributed by atoms with van der Waals surface area (Å²) in [5.74, 6) is 0. The molecule has 1 fully saturated rings. The molecule has 5 heteroatoms. The minimum Gasteiger partial charge on any atom is -0.444 e. The standard InChI is InChI=1S/C16H21NO4/c1-4-14(18)13-11-21-16(2,3)17(13)15(19)20-10-12-8-6-5-7-9-12/h4-9,13-14,18H,1,10-11H2,2-3H3/t13-,14?/m0/s1. The first-order valence-corrected chi connectivity index (χ1v) is 6.90. The molecule has 0 spiro atoms. The molecule has 0 aliphatic carbocycles. The number of nitrogens with zero attached hydrogens (tertiary/aromatic N) is 1. The van der Waals surface area contributed by atoms with Crippen LogP contribution in [0.1, 0.15) is 19.4 Å². The van der Waals surface area contributed by atoms with E-state index in [-0.39, 0.29) is 13.2 Å². The quantitative estimate of drug-likeness (QED) is 0.865. The number of hydrogen-bond donors (Lipinski definition) is 1. The molecule has 0 aromatic heterocycles. The lowest BCUT2D eigenvalue weighted by Crippen LogP contribution is -2.51. The second kappa shape index (κ2) is 6.28. The molecule has 1 saturated heterocycles. The van der Waals surface area contributed by atoms with E-state index in [1.165, 1.54) is 11.0 Å². The molecule has 1 aliphatic rings. The van der Waals surface area contributed by atoms with E-state index in [9.17, 15) is 9.90 Å². The highest BCUT2D eigenvalue weighted by atomic mass is 16.6. The second-order valence-electron chi connectivity index (χ2n) is 5.46. The number of carbonyl (C=O) groups excluding carboxylic acids is 1. The largest absolute Gasteiger partial charge is 0.444 e. The minimum absolute atomic E-state index is 0.184. The number of aliphatic hydroxyl groups excluding tert-OH is 1. The summed E-state index contributed by atoms with van der Waals surface area (Å²) in [4.78, 5) is 13.8. The third-order valence-electron chi connectivity index (χ3n) is 3.56. The van der Waals surface area contributed by atoms with Gasteiger partial charge < -0.3 is 14.6 Å². The normalized spacial score (nSPS) is 21.9. The zero-order valence-electron chi connectivity index (χ0n) is 12.4. The van der Waals surface area contributed by atoms with Crippen LogP contribution in [0.25, 0.3) is 0 Å². The van der Waals surface area contributed by atoms with Crippen LogP contribution in [-0.4, -0.2) is 40.6 Å². The van der Waals surface area contributed by atoms with E-state index in [4.69, 9.17) is 9.47 Å². The summed E-state index contributed by atoms with van der Waals surface area (Å²) in [5, 5.41) is 9.95. The highest BCUT2D eigenvalue weighted by Crippen LogP contribution is 2.30. The van der Waals surface area contributed by atoms with Gasteiger partial charge in [-0.1, -0.05) is 36.4 Å². The van der Waals surface area contributed by atoms with Gasteiger partial charge in [-0.15, -0.1) is 6.58 Å². The van der Waals surface area contributed by atoms with Gasteiger partial charge in [-0.25, -0.2) is 4.79 Å². The third kappa shape index (κ3) is 3.43. The molecule has 0 bridgehead atoms. The predicted molar refractivity (Wildman–Crippen MR) is 78.5 cm³/mol. The van der Waals surface area contributed by atoms with Gasteiger partial charge in [-0.2, -0.15) is 0 Å². The van der Waals surface area contributed by atoms with Crippen LogP contribution in [0.4, 0.5) is 4.79 Å². The van der Waals surface area contributed by atoms with Gasteiger partial charge in [-0.3, -0.25) is 4.90 Å². The summed E-state index contributed by atoms with van der Waals surface area (Å²) < 4.78 is 10.9. The van der Waals surface area contributed by atoms with Gasteiger partial charge in [0.2, 0.25) is 0 Å². The van der Waals surface area contributed by atoms with Gasteiger partial charge in [0, 0.05) is 0 Å². The van der Waals surface area contributed by atoms with Gasteiger partial charge in [0.15, 0.2) is 0 Å². The van der Waals surface area contributed by atoms with Crippen molar-refractivity contribution in [2.45, 2.75) is 38.3 Å². The molecule has 2 rings (SSSR count). The van der Waals surface area contributed by atoms with Crippen LogP contribution in [0.15, 0.2) is 43.0 Å². The van der Waals surface area contributed by atoms with Crippen molar-refractivity contribution in [1.82, 2.24) is 4.90 Å². The Morgan fingerprint density at radius 1 is 1.57 bits per heavy atom.